The molecule has 4 aliphatic rings. The molecule has 3 fully saturated rings. The third-order valence-corrected chi connectivity index (χ3v) is 10.4. The fourth-order valence-electron chi connectivity index (χ4n) is 8.73. The number of carbonyl (C=O) groups excluding carboxylic acids is 3. The fourth-order valence-corrected chi connectivity index (χ4v) is 8.73. The van der Waals surface area contributed by atoms with Crippen LogP contribution in [0.3, 0.4) is 0 Å². The van der Waals surface area contributed by atoms with Gasteiger partial charge in [0.15, 0.2) is 0 Å². The second kappa shape index (κ2) is 9.89. The smallest absolute Gasteiger partial charge is 0.305 e. The highest BCUT2D eigenvalue weighted by molar-refractivity contribution is 5.69. The molecule has 0 saturated heterocycles. The van der Waals surface area contributed by atoms with Crippen LogP contribution in [0.4, 0.5) is 0 Å². The highest BCUT2D eigenvalue weighted by atomic mass is 16.5. The van der Waals surface area contributed by atoms with Crippen LogP contribution >= 0.6 is 0 Å². The molecular weight excluding hydrogens is 444 g/mol. The van der Waals surface area contributed by atoms with Gasteiger partial charge in [-0.3, -0.25) is 14.4 Å². The van der Waals surface area contributed by atoms with Gasteiger partial charge in [0, 0.05) is 26.2 Å². The summed E-state index contributed by atoms with van der Waals surface area (Å²) in [5.41, 5.74) is 1.69. The molecule has 4 aliphatic carbocycles. The predicted molar refractivity (Wildman–Crippen MR) is 132 cm³/mol. The normalized spacial score (nSPS) is 40.9. The first-order valence-electron chi connectivity index (χ1n) is 13.6. The maximum atomic E-state index is 12.2. The van der Waals surface area contributed by atoms with Crippen molar-refractivity contribution < 1.29 is 28.6 Å². The number of allylic oxidation sites excluding steroid dienone is 1. The second-order valence-electron chi connectivity index (χ2n) is 12.3. The summed E-state index contributed by atoms with van der Waals surface area (Å²) in [5.74, 6) is 1.49. The zero-order chi connectivity index (χ0) is 25.5. The van der Waals surface area contributed by atoms with E-state index in [1.807, 2.05) is 0 Å². The van der Waals surface area contributed by atoms with Gasteiger partial charge in [0.25, 0.3) is 0 Å². The molecule has 0 aromatic rings. The zero-order valence-corrected chi connectivity index (χ0v) is 22.4. The first kappa shape index (κ1) is 26.2. The lowest BCUT2D eigenvalue weighted by Crippen LogP contribution is -2.54. The van der Waals surface area contributed by atoms with Crippen LogP contribution < -0.4 is 0 Å². The number of methoxy groups -OCH3 is 1. The van der Waals surface area contributed by atoms with Crippen molar-refractivity contribution in [2.24, 2.45) is 40.4 Å². The molecule has 0 spiro atoms. The molecule has 0 heterocycles. The maximum absolute atomic E-state index is 12.2. The molecule has 3 saturated carbocycles. The summed E-state index contributed by atoms with van der Waals surface area (Å²) < 4.78 is 16.6. The highest BCUT2D eigenvalue weighted by Crippen LogP contribution is 2.67. The van der Waals surface area contributed by atoms with Crippen molar-refractivity contribution in [2.45, 2.75) is 105 Å². The van der Waals surface area contributed by atoms with Gasteiger partial charge < -0.3 is 14.2 Å². The van der Waals surface area contributed by atoms with Gasteiger partial charge in [0.05, 0.1) is 7.11 Å². The van der Waals surface area contributed by atoms with E-state index >= 15 is 0 Å². The van der Waals surface area contributed by atoms with Crippen molar-refractivity contribution in [3.63, 3.8) is 0 Å². The van der Waals surface area contributed by atoms with Gasteiger partial charge in [0.2, 0.25) is 0 Å². The van der Waals surface area contributed by atoms with E-state index in [4.69, 9.17) is 14.2 Å². The highest BCUT2D eigenvalue weighted by Gasteiger charge is 2.61. The Morgan fingerprint density at radius 1 is 1.06 bits per heavy atom. The van der Waals surface area contributed by atoms with E-state index in [0.717, 1.165) is 51.4 Å². The summed E-state index contributed by atoms with van der Waals surface area (Å²) in [6.45, 7) is 10.1. The summed E-state index contributed by atoms with van der Waals surface area (Å²) in [4.78, 5) is 35.6. The molecule has 0 amide bonds. The molecule has 0 N–H and O–H groups in total. The minimum atomic E-state index is -0.213. The molecule has 6 nitrogen and oxygen atoms in total. The molecule has 196 valence electrons. The van der Waals surface area contributed by atoms with Crippen molar-refractivity contribution in [2.75, 3.05) is 7.11 Å². The molecule has 0 aromatic carbocycles. The third kappa shape index (κ3) is 4.79. The Bertz CT molecular complexity index is 878. The van der Waals surface area contributed by atoms with Crippen molar-refractivity contribution in [1.82, 2.24) is 0 Å². The predicted octanol–water partition coefficient (Wildman–Crippen LogP) is 5.63. The third-order valence-electron chi connectivity index (χ3n) is 10.4. The Hall–Kier alpha value is -1.85. The lowest BCUT2D eigenvalue weighted by Gasteiger charge is -2.59. The van der Waals surface area contributed by atoms with Crippen LogP contribution in [-0.4, -0.2) is 37.2 Å². The van der Waals surface area contributed by atoms with E-state index in [9.17, 15) is 14.4 Å². The lowest BCUT2D eigenvalue weighted by molar-refractivity contribution is -0.161. The quantitative estimate of drug-likeness (QED) is 0.274. The number of fused-ring (bicyclic) bond motifs is 5. The van der Waals surface area contributed by atoms with Gasteiger partial charge in [-0.05, 0) is 85.9 Å². The monoisotopic (exact) mass is 488 g/mol. The van der Waals surface area contributed by atoms with E-state index in [2.05, 4.69) is 26.8 Å². The second-order valence-corrected chi connectivity index (χ2v) is 12.3. The summed E-state index contributed by atoms with van der Waals surface area (Å²) in [5, 5.41) is 0. The molecule has 35 heavy (non-hydrogen) atoms. The average Bonchev–Trinajstić information content (AvgIpc) is 3.14. The first-order valence-corrected chi connectivity index (χ1v) is 13.6. The molecule has 0 bridgehead atoms. The summed E-state index contributed by atoms with van der Waals surface area (Å²) in [6.07, 6.45) is 10.6. The first-order chi connectivity index (χ1) is 16.5. The van der Waals surface area contributed by atoms with E-state index in [0.29, 0.717) is 30.1 Å². The number of carbonyl (C=O) groups is 3. The summed E-state index contributed by atoms with van der Waals surface area (Å²) in [6, 6.07) is 0. The van der Waals surface area contributed by atoms with Crippen LogP contribution in [0.5, 0.6) is 0 Å². The van der Waals surface area contributed by atoms with Crippen LogP contribution in [0.15, 0.2) is 11.6 Å². The molecule has 2 unspecified atom stereocenters. The standard InChI is InChI=1S/C29H44O6/c1-17(7-10-26(32)33-6)22-8-9-23-27-24(12-14-29(22,23)5)28(4)13-11-21(34-18(2)30)15-20(28)16-25(27)35-19(3)31/h12,17,20-23,25,27H,7-11,13-16H2,1-6H3/t17-,20+,21-,22-,23?,25-,27?,28+,29-/m1/s1. The molecule has 6 heteroatoms. The van der Waals surface area contributed by atoms with Crippen LogP contribution in [0, 0.1) is 40.4 Å². The van der Waals surface area contributed by atoms with Gasteiger partial charge in [-0.1, -0.05) is 32.4 Å². The van der Waals surface area contributed by atoms with Crippen LogP contribution in [0.2, 0.25) is 0 Å². The molecular formula is C29H44O6. The largest absolute Gasteiger partial charge is 0.469 e. The number of hydrogen-bond acceptors (Lipinski definition) is 6. The fraction of sp³-hybridized carbons (Fsp3) is 0.828. The molecule has 4 rings (SSSR count). The minimum absolute atomic E-state index is 0.0407. The average molecular weight is 489 g/mol. The van der Waals surface area contributed by atoms with E-state index in [-0.39, 0.29) is 46.9 Å². The lowest BCUT2D eigenvalue weighted by atomic mass is 9.47. The topological polar surface area (TPSA) is 78.9 Å². The van der Waals surface area contributed by atoms with E-state index < -0.39 is 0 Å². The van der Waals surface area contributed by atoms with Crippen molar-refractivity contribution in [1.29, 1.82) is 0 Å². The Morgan fingerprint density at radius 2 is 1.77 bits per heavy atom. The van der Waals surface area contributed by atoms with Crippen LogP contribution in [0.25, 0.3) is 0 Å². The Balaban J connectivity index is 1.62. The van der Waals surface area contributed by atoms with Gasteiger partial charge in [-0.25, -0.2) is 0 Å². The van der Waals surface area contributed by atoms with Gasteiger partial charge in [0.1, 0.15) is 12.2 Å². The van der Waals surface area contributed by atoms with Gasteiger partial charge in [-0.2, -0.15) is 0 Å². The number of hydrogen-bond donors (Lipinski definition) is 0. The van der Waals surface area contributed by atoms with Crippen LogP contribution in [-0.2, 0) is 28.6 Å². The van der Waals surface area contributed by atoms with Gasteiger partial charge >= 0.3 is 17.9 Å². The van der Waals surface area contributed by atoms with E-state index in [1.165, 1.54) is 26.5 Å². The number of esters is 3. The van der Waals surface area contributed by atoms with Gasteiger partial charge in [-0.15, -0.1) is 0 Å². The minimum Gasteiger partial charge on any atom is -0.469 e. The summed E-state index contributed by atoms with van der Waals surface area (Å²) >= 11 is 0. The van der Waals surface area contributed by atoms with Crippen molar-refractivity contribution >= 4 is 17.9 Å². The molecule has 0 radical (unpaired) electrons. The van der Waals surface area contributed by atoms with Crippen LogP contribution in [0.1, 0.15) is 92.4 Å². The summed E-state index contributed by atoms with van der Waals surface area (Å²) in [7, 11) is 1.46. The molecule has 0 aliphatic heterocycles. The number of ether oxygens (including phenoxy) is 3. The van der Waals surface area contributed by atoms with Crippen molar-refractivity contribution in [3.8, 4) is 0 Å². The van der Waals surface area contributed by atoms with Crippen molar-refractivity contribution in [3.05, 3.63) is 11.6 Å². The van der Waals surface area contributed by atoms with E-state index in [1.54, 1.807) is 0 Å². The maximum Gasteiger partial charge on any atom is 0.305 e. The number of rotatable bonds is 6. The molecule has 9 atom stereocenters. The molecule has 0 aromatic heterocycles. The Morgan fingerprint density at radius 3 is 2.43 bits per heavy atom. The zero-order valence-electron chi connectivity index (χ0n) is 22.4. The Kier molecular flexibility index (Phi) is 7.41. The Labute approximate surface area is 210 Å². The SMILES string of the molecule is COC(=O)CC[C@@H](C)[C@H]1CCC2C3C(=CC[C@@]21C)[C@@]1(C)CC[C@@H](OC(C)=O)C[C@H]1C[C@H]3OC(C)=O.